The van der Waals surface area contributed by atoms with E-state index in [2.05, 4.69) is 5.32 Å². The lowest BCUT2D eigenvalue weighted by Crippen LogP contribution is -2.47. The average molecular weight is 338 g/mol. The van der Waals surface area contributed by atoms with E-state index in [0.717, 1.165) is 5.56 Å². The fourth-order valence-electron chi connectivity index (χ4n) is 3.09. The minimum atomic E-state index is -1.03. The molecule has 2 aliphatic heterocycles. The number of hydrogen-bond donors (Lipinski definition) is 1. The highest BCUT2D eigenvalue weighted by atomic mass is 35.5. The van der Waals surface area contributed by atoms with Crippen LogP contribution < -0.4 is 5.32 Å². The average Bonchev–Trinajstić information content (AvgIpc) is 2.81. The Balaban J connectivity index is 1.85. The predicted octanol–water partition coefficient (Wildman–Crippen LogP) is 1.79. The number of rotatable bonds is 4. The number of benzene rings is 1. The van der Waals surface area contributed by atoms with Crippen molar-refractivity contribution in [1.82, 2.24) is 15.1 Å². The number of hydrogen-bond acceptors (Lipinski definition) is 4. The molecule has 2 saturated heterocycles. The molecule has 0 aliphatic carbocycles. The Hall–Kier alpha value is -1.63. The van der Waals surface area contributed by atoms with Crippen molar-refractivity contribution in [2.24, 2.45) is 0 Å². The molecular formula is C16H20ClN3O3. The van der Waals surface area contributed by atoms with Crippen LogP contribution in [0.5, 0.6) is 0 Å². The maximum absolute atomic E-state index is 13.0. The van der Waals surface area contributed by atoms with Gasteiger partial charge in [-0.2, -0.15) is 0 Å². The Bertz CT molecular complexity index is 618. The SMILES string of the molecule is CC[C@]1(c2cccc(Cl)c2)NC(=O)N(CN2CCOCC2)C1=O. The van der Waals surface area contributed by atoms with Gasteiger partial charge in [0.05, 0.1) is 19.9 Å². The second-order valence-corrected chi connectivity index (χ2v) is 6.24. The van der Waals surface area contributed by atoms with Crippen LogP contribution >= 0.6 is 11.6 Å². The van der Waals surface area contributed by atoms with Crippen LogP contribution in [0, 0.1) is 0 Å². The van der Waals surface area contributed by atoms with Crippen LogP contribution in [0.2, 0.25) is 5.02 Å². The summed E-state index contributed by atoms with van der Waals surface area (Å²) in [6.45, 7) is 4.85. The molecule has 1 aromatic rings. The first-order chi connectivity index (χ1) is 11.1. The largest absolute Gasteiger partial charge is 0.379 e. The van der Waals surface area contributed by atoms with E-state index >= 15 is 0 Å². The number of halogens is 1. The van der Waals surface area contributed by atoms with Crippen molar-refractivity contribution in [3.8, 4) is 0 Å². The molecule has 0 bridgehead atoms. The number of urea groups is 1. The van der Waals surface area contributed by atoms with E-state index in [1.54, 1.807) is 18.2 Å². The summed E-state index contributed by atoms with van der Waals surface area (Å²) in [7, 11) is 0. The normalized spacial score (nSPS) is 25.7. The first-order valence-corrected chi connectivity index (χ1v) is 8.15. The molecule has 0 aromatic heterocycles. The summed E-state index contributed by atoms with van der Waals surface area (Å²) in [5.41, 5.74) is -0.316. The van der Waals surface area contributed by atoms with Gasteiger partial charge in [-0.3, -0.25) is 9.69 Å². The highest BCUT2D eigenvalue weighted by Gasteiger charge is 2.51. The maximum Gasteiger partial charge on any atom is 0.326 e. The Morgan fingerprint density at radius 1 is 1.30 bits per heavy atom. The van der Waals surface area contributed by atoms with E-state index < -0.39 is 5.54 Å². The van der Waals surface area contributed by atoms with Gasteiger partial charge in [0.2, 0.25) is 0 Å². The van der Waals surface area contributed by atoms with Crippen molar-refractivity contribution in [3.05, 3.63) is 34.9 Å². The van der Waals surface area contributed by atoms with Gasteiger partial charge in [-0.25, -0.2) is 9.69 Å². The Morgan fingerprint density at radius 3 is 2.70 bits per heavy atom. The lowest BCUT2D eigenvalue weighted by atomic mass is 9.87. The molecule has 3 amide bonds. The monoisotopic (exact) mass is 337 g/mol. The smallest absolute Gasteiger partial charge is 0.326 e. The Labute approximate surface area is 140 Å². The molecule has 3 rings (SSSR count). The molecule has 6 nitrogen and oxygen atoms in total. The molecule has 0 unspecified atom stereocenters. The van der Waals surface area contributed by atoms with Crippen LogP contribution in [0.25, 0.3) is 0 Å². The third-order valence-electron chi connectivity index (χ3n) is 4.47. The molecule has 7 heteroatoms. The van der Waals surface area contributed by atoms with Gasteiger partial charge < -0.3 is 10.1 Å². The molecule has 1 atom stereocenters. The van der Waals surface area contributed by atoms with E-state index in [1.165, 1.54) is 4.90 Å². The van der Waals surface area contributed by atoms with Crippen LogP contribution in [0.1, 0.15) is 18.9 Å². The highest BCUT2D eigenvalue weighted by Crippen LogP contribution is 2.33. The summed E-state index contributed by atoms with van der Waals surface area (Å²) < 4.78 is 5.30. The van der Waals surface area contributed by atoms with Gasteiger partial charge in [0, 0.05) is 18.1 Å². The highest BCUT2D eigenvalue weighted by molar-refractivity contribution is 6.30. The van der Waals surface area contributed by atoms with Crippen molar-refractivity contribution in [3.63, 3.8) is 0 Å². The Morgan fingerprint density at radius 2 is 2.04 bits per heavy atom. The van der Waals surface area contributed by atoms with E-state index in [1.807, 2.05) is 17.9 Å². The predicted molar refractivity (Wildman–Crippen MR) is 86.1 cm³/mol. The zero-order chi connectivity index (χ0) is 16.4. The molecule has 1 aromatic carbocycles. The molecular weight excluding hydrogens is 318 g/mol. The first-order valence-electron chi connectivity index (χ1n) is 7.77. The van der Waals surface area contributed by atoms with Gasteiger partial charge in [-0.15, -0.1) is 0 Å². The number of ether oxygens (including phenoxy) is 1. The molecule has 124 valence electrons. The lowest BCUT2D eigenvalue weighted by Gasteiger charge is -2.30. The molecule has 0 saturated carbocycles. The summed E-state index contributed by atoms with van der Waals surface area (Å²) in [5.74, 6) is -0.223. The van der Waals surface area contributed by atoms with E-state index in [0.29, 0.717) is 37.7 Å². The standard InChI is InChI=1S/C16H20ClN3O3/c1-2-16(12-4-3-5-13(17)10-12)14(21)20(15(22)18-16)11-19-6-8-23-9-7-19/h3-5,10H,2,6-9,11H2,1H3,(H,18,22)/t16-/m1/s1. The quantitative estimate of drug-likeness (QED) is 0.851. The second kappa shape index (κ2) is 6.47. The number of morpholine rings is 1. The first kappa shape index (κ1) is 16.2. The van der Waals surface area contributed by atoms with Crippen molar-refractivity contribution in [1.29, 1.82) is 0 Å². The van der Waals surface area contributed by atoms with E-state index in [-0.39, 0.29) is 18.6 Å². The van der Waals surface area contributed by atoms with Gasteiger partial charge in [0.25, 0.3) is 5.91 Å². The summed E-state index contributed by atoms with van der Waals surface area (Å²) in [4.78, 5) is 28.7. The van der Waals surface area contributed by atoms with Gasteiger partial charge in [-0.1, -0.05) is 30.7 Å². The van der Waals surface area contributed by atoms with Crippen LogP contribution in [0.15, 0.2) is 24.3 Å². The number of nitrogens with one attached hydrogen (secondary N) is 1. The van der Waals surface area contributed by atoms with Crippen LogP contribution in [-0.4, -0.2) is 54.7 Å². The van der Waals surface area contributed by atoms with Crippen LogP contribution in [0.4, 0.5) is 4.79 Å². The zero-order valence-corrected chi connectivity index (χ0v) is 13.8. The molecule has 0 radical (unpaired) electrons. The number of imide groups is 1. The summed E-state index contributed by atoms with van der Waals surface area (Å²) in [6.07, 6.45) is 0.470. The number of amides is 3. The molecule has 2 fully saturated rings. The van der Waals surface area contributed by atoms with Crippen molar-refractivity contribution in [2.75, 3.05) is 33.0 Å². The molecule has 2 aliphatic rings. The number of carbonyl (C=O) groups is 2. The molecule has 23 heavy (non-hydrogen) atoms. The Kier molecular flexibility index (Phi) is 4.57. The second-order valence-electron chi connectivity index (χ2n) is 5.80. The third kappa shape index (κ3) is 2.94. The van der Waals surface area contributed by atoms with Gasteiger partial charge in [-0.05, 0) is 24.1 Å². The van der Waals surface area contributed by atoms with Crippen LogP contribution in [-0.2, 0) is 15.1 Å². The fraction of sp³-hybridized carbons (Fsp3) is 0.500. The van der Waals surface area contributed by atoms with Crippen LogP contribution in [0.3, 0.4) is 0 Å². The summed E-state index contributed by atoms with van der Waals surface area (Å²) >= 11 is 6.06. The van der Waals surface area contributed by atoms with Crippen molar-refractivity contribution < 1.29 is 14.3 Å². The minimum Gasteiger partial charge on any atom is -0.379 e. The fourth-order valence-corrected chi connectivity index (χ4v) is 3.28. The molecule has 0 spiro atoms. The molecule has 1 N–H and O–H groups in total. The lowest BCUT2D eigenvalue weighted by molar-refractivity contribution is -0.133. The topological polar surface area (TPSA) is 61.9 Å². The van der Waals surface area contributed by atoms with Gasteiger partial charge in [0.1, 0.15) is 5.54 Å². The summed E-state index contributed by atoms with van der Waals surface area (Å²) in [6, 6.07) is 6.75. The third-order valence-corrected chi connectivity index (χ3v) is 4.70. The zero-order valence-electron chi connectivity index (χ0n) is 13.0. The minimum absolute atomic E-state index is 0.223. The number of carbonyl (C=O) groups excluding carboxylic acids is 2. The maximum atomic E-state index is 13.0. The van der Waals surface area contributed by atoms with E-state index in [4.69, 9.17) is 16.3 Å². The summed E-state index contributed by atoms with van der Waals surface area (Å²) in [5, 5.41) is 3.42. The van der Waals surface area contributed by atoms with Gasteiger partial charge in [0.15, 0.2) is 0 Å². The van der Waals surface area contributed by atoms with Crippen molar-refractivity contribution >= 4 is 23.5 Å². The van der Waals surface area contributed by atoms with Crippen molar-refractivity contribution in [2.45, 2.75) is 18.9 Å². The van der Waals surface area contributed by atoms with Gasteiger partial charge >= 0.3 is 6.03 Å². The van der Waals surface area contributed by atoms with E-state index in [9.17, 15) is 9.59 Å². The molecule has 2 heterocycles. The number of nitrogens with zero attached hydrogens (tertiary/aromatic N) is 2.